The molecule has 1 N–H and O–H groups in total. The molecule has 2 aromatic rings. The summed E-state index contributed by atoms with van der Waals surface area (Å²) < 4.78 is 6.53. The molecule has 0 saturated carbocycles. The second kappa shape index (κ2) is 5.67. The van der Waals surface area contributed by atoms with Crippen molar-refractivity contribution in [2.75, 3.05) is 6.61 Å². The third-order valence-corrected chi connectivity index (χ3v) is 3.60. The number of nitrogens with zero attached hydrogens (tertiary/aromatic N) is 1. The van der Waals surface area contributed by atoms with Crippen LogP contribution in [0.3, 0.4) is 0 Å². The largest absolute Gasteiger partial charge is 0.461 e. The molecule has 0 amide bonds. The third-order valence-electron chi connectivity index (χ3n) is 2.30. The number of H-pyrrole nitrogens is 1. The van der Waals surface area contributed by atoms with Gasteiger partial charge in [0.05, 0.1) is 11.1 Å². The van der Waals surface area contributed by atoms with Gasteiger partial charge in [-0.25, -0.2) is 4.79 Å². The van der Waals surface area contributed by atoms with Gasteiger partial charge in [-0.1, -0.05) is 28.1 Å². The van der Waals surface area contributed by atoms with E-state index in [-0.39, 0.29) is 0 Å². The molecule has 0 spiro atoms. The van der Waals surface area contributed by atoms with Crippen LogP contribution in [0.4, 0.5) is 0 Å². The van der Waals surface area contributed by atoms with Crippen molar-refractivity contribution in [3.05, 3.63) is 38.9 Å². The smallest absolute Gasteiger partial charge is 0.357 e. The Hall–Kier alpha value is -1.14. The second-order valence-corrected chi connectivity index (χ2v) is 5.20. The average Bonchev–Trinajstić information content (AvgIpc) is 2.73. The number of hydrogen-bond donors (Lipinski definition) is 1. The molecule has 0 fully saturated rings. The van der Waals surface area contributed by atoms with E-state index in [0.29, 0.717) is 22.5 Å². The number of carbonyl (C=O) groups is 1. The lowest BCUT2D eigenvalue weighted by Crippen LogP contribution is -2.05. The Morgan fingerprint density at radius 3 is 2.61 bits per heavy atom. The standard InChI is InChI=1S/C12H10Br2N2O2/c1-2-18-12(17)11-9(14)10(15-16-11)7-3-5-8(13)6-4-7/h3-6H,2H2,1H3,(H,15,16). The first-order chi connectivity index (χ1) is 8.63. The lowest BCUT2D eigenvalue weighted by molar-refractivity contribution is 0.0518. The van der Waals surface area contributed by atoms with Crippen molar-refractivity contribution in [2.45, 2.75) is 6.92 Å². The monoisotopic (exact) mass is 372 g/mol. The Bertz CT molecular complexity index is 564. The number of halogens is 2. The van der Waals surface area contributed by atoms with Gasteiger partial charge in [0.1, 0.15) is 5.69 Å². The molecular formula is C12H10Br2N2O2. The van der Waals surface area contributed by atoms with Gasteiger partial charge in [-0.3, -0.25) is 5.10 Å². The molecule has 94 valence electrons. The van der Waals surface area contributed by atoms with Crippen LogP contribution in [0.2, 0.25) is 0 Å². The van der Waals surface area contributed by atoms with E-state index < -0.39 is 5.97 Å². The summed E-state index contributed by atoms with van der Waals surface area (Å²) >= 11 is 6.74. The lowest BCUT2D eigenvalue weighted by atomic mass is 10.1. The molecule has 2 rings (SSSR count). The Morgan fingerprint density at radius 2 is 2.00 bits per heavy atom. The predicted octanol–water partition coefficient (Wildman–Crippen LogP) is 3.78. The highest BCUT2D eigenvalue weighted by Crippen LogP contribution is 2.29. The number of nitrogens with one attached hydrogen (secondary N) is 1. The summed E-state index contributed by atoms with van der Waals surface area (Å²) in [7, 11) is 0. The Labute approximate surface area is 121 Å². The predicted molar refractivity (Wildman–Crippen MR) is 75.4 cm³/mol. The lowest BCUT2D eigenvalue weighted by Gasteiger charge is -2.00. The molecule has 6 heteroatoms. The summed E-state index contributed by atoms with van der Waals surface area (Å²) in [4.78, 5) is 11.6. The quantitative estimate of drug-likeness (QED) is 0.833. The molecule has 18 heavy (non-hydrogen) atoms. The summed E-state index contributed by atoms with van der Waals surface area (Å²) in [6.07, 6.45) is 0. The number of carbonyl (C=O) groups excluding carboxylic acids is 1. The van der Waals surface area contributed by atoms with Crippen LogP contribution in [0.1, 0.15) is 17.4 Å². The van der Waals surface area contributed by atoms with Crippen molar-refractivity contribution in [3.63, 3.8) is 0 Å². The van der Waals surface area contributed by atoms with Crippen molar-refractivity contribution < 1.29 is 9.53 Å². The fourth-order valence-corrected chi connectivity index (χ4v) is 2.30. The van der Waals surface area contributed by atoms with Crippen LogP contribution in [-0.4, -0.2) is 22.8 Å². The van der Waals surface area contributed by atoms with Crippen molar-refractivity contribution >= 4 is 37.8 Å². The zero-order chi connectivity index (χ0) is 13.1. The molecule has 0 aliphatic rings. The summed E-state index contributed by atoms with van der Waals surface area (Å²) in [6.45, 7) is 2.09. The number of rotatable bonds is 3. The second-order valence-electron chi connectivity index (χ2n) is 3.49. The fourth-order valence-electron chi connectivity index (χ4n) is 1.47. The van der Waals surface area contributed by atoms with Gasteiger partial charge in [0.2, 0.25) is 0 Å². The van der Waals surface area contributed by atoms with Crippen molar-refractivity contribution in [2.24, 2.45) is 0 Å². The number of aromatic amines is 1. The van der Waals surface area contributed by atoms with Gasteiger partial charge < -0.3 is 4.74 Å². The van der Waals surface area contributed by atoms with E-state index in [1.54, 1.807) is 6.92 Å². The summed E-state index contributed by atoms with van der Waals surface area (Å²) in [5, 5.41) is 6.82. The van der Waals surface area contributed by atoms with E-state index in [2.05, 4.69) is 42.1 Å². The molecule has 0 aliphatic carbocycles. The fraction of sp³-hybridized carbons (Fsp3) is 0.167. The van der Waals surface area contributed by atoms with Crippen LogP contribution in [-0.2, 0) is 4.74 Å². The number of benzene rings is 1. The molecule has 0 aliphatic heterocycles. The van der Waals surface area contributed by atoms with Crippen molar-refractivity contribution in [1.29, 1.82) is 0 Å². The highest BCUT2D eigenvalue weighted by atomic mass is 79.9. The van der Waals surface area contributed by atoms with Gasteiger partial charge in [0.15, 0.2) is 5.69 Å². The van der Waals surface area contributed by atoms with Crippen LogP contribution in [0, 0.1) is 0 Å². The topological polar surface area (TPSA) is 55.0 Å². The first-order valence-corrected chi connectivity index (χ1v) is 6.89. The molecule has 0 radical (unpaired) electrons. The van der Waals surface area contributed by atoms with Crippen LogP contribution < -0.4 is 0 Å². The number of esters is 1. The van der Waals surface area contributed by atoms with Crippen LogP contribution in [0.25, 0.3) is 11.3 Å². The molecule has 0 unspecified atom stereocenters. The van der Waals surface area contributed by atoms with Gasteiger partial charge in [-0.05, 0) is 35.0 Å². The summed E-state index contributed by atoms with van der Waals surface area (Å²) in [5.41, 5.74) is 1.93. The number of aromatic nitrogens is 2. The molecule has 4 nitrogen and oxygen atoms in total. The van der Waals surface area contributed by atoms with E-state index in [9.17, 15) is 4.79 Å². The van der Waals surface area contributed by atoms with Crippen molar-refractivity contribution in [3.8, 4) is 11.3 Å². The van der Waals surface area contributed by atoms with Gasteiger partial charge in [-0.15, -0.1) is 0 Å². The maximum absolute atomic E-state index is 11.6. The van der Waals surface area contributed by atoms with Crippen LogP contribution in [0.15, 0.2) is 33.2 Å². The minimum absolute atomic E-state index is 0.328. The minimum Gasteiger partial charge on any atom is -0.461 e. The van der Waals surface area contributed by atoms with Gasteiger partial charge in [0.25, 0.3) is 0 Å². The number of hydrogen-bond acceptors (Lipinski definition) is 3. The van der Waals surface area contributed by atoms with Gasteiger partial charge in [0, 0.05) is 10.0 Å². The normalized spacial score (nSPS) is 10.4. The molecule has 0 bridgehead atoms. The van der Waals surface area contributed by atoms with Gasteiger partial charge in [-0.2, -0.15) is 5.10 Å². The van der Waals surface area contributed by atoms with E-state index in [1.165, 1.54) is 0 Å². The maximum atomic E-state index is 11.6. The molecule has 1 aromatic heterocycles. The van der Waals surface area contributed by atoms with Crippen LogP contribution >= 0.6 is 31.9 Å². The van der Waals surface area contributed by atoms with Gasteiger partial charge >= 0.3 is 5.97 Å². The molecule has 1 heterocycles. The zero-order valence-electron chi connectivity index (χ0n) is 9.54. The number of ether oxygens (including phenoxy) is 1. The molecule has 0 atom stereocenters. The zero-order valence-corrected chi connectivity index (χ0v) is 12.7. The third kappa shape index (κ3) is 2.64. The SMILES string of the molecule is CCOC(=O)c1[nH]nc(-c2ccc(Br)cc2)c1Br. The maximum Gasteiger partial charge on any atom is 0.357 e. The van der Waals surface area contributed by atoms with E-state index in [4.69, 9.17) is 4.74 Å². The summed E-state index contributed by atoms with van der Waals surface area (Å²) in [6, 6.07) is 7.67. The van der Waals surface area contributed by atoms with E-state index in [0.717, 1.165) is 10.0 Å². The molecule has 1 aromatic carbocycles. The summed E-state index contributed by atoms with van der Waals surface area (Å²) in [5.74, 6) is -0.416. The Kier molecular flexibility index (Phi) is 4.19. The highest BCUT2D eigenvalue weighted by molar-refractivity contribution is 9.11. The molecular weight excluding hydrogens is 364 g/mol. The minimum atomic E-state index is -0.416. The van der Waals surface area contributed by atoms with E-state index >= 15 is 0 Å². The first-order valence-electron chi connectivity index (χ1n) is 5.30. The molecule has 0 saturated heterocycles. The average molecular weight is 374 g/mol. The first kappa shape index (κ1) is 13.3. The Morgan fingerprint density at radius 1 is 1.33 bits per heavy atom. The highest BCUT2D eigenvalue weighted by Gasteiger charge is 2.18. The Balaban J connectivity index is 2.36. The van der Waals surface area contributed by atoms with Crippen molar-refractivity contribution in [1.82, 2.24) is 10.2 Å². The van der Waals surface area contributed by atoms with Crippen LogP contribution in [0.5, 0.6) is 0 Å². The van der Waals surface area contributed by atoms with E-state index in [1.807, 2.05) is 24.3 Å².